The Kier molecular flexibility index (Phi) is 2.45. The Morgan fingerprint density at radius 2 is 2.33 bits per heavy atom. The second-order valence-corrected chi connectivity index (χ2v) is 3.24. The van der Waals surface area contributed by atoms with Crippen LogP contribution in [-0.4, -0.2) is 18.7 Å². The molecule has 4 nitrogen and oxygen atoms in total. The number of esters is 1. The van der Waals surface area contributed by atoms with Crippen molar-refractivity contribution in [2.75, 3.05) is 12.3 Å². The fourth-order valence-corrected chi connectivity index (χ4v) is 1.36. The topological polar surface area (TPSA) is 61.6 Å². The van der Waals surface area contributed by atoms with Crippen LogP contribution >= 0.6 is 0 Å². The van der Waals surface area contributed by atoms with Gasteiger partial charge in [0.15, 0.2) is 6.10 Å². The van der Waals surface area contributed by atoms with Gasteiger partial charge in [-0.25, -0.2) is 9.18 Å². The van der Waals surface area contributed by atoms with Crippen LogP contribution in [0.15, 0.2) is 18.2 Å². The van der Waals surface area contributed by atoms with Crippen LogP contribution in [0.3, 0.4) is 0 Å². The lowest BCUT2D eigenvalue weighted by Crippen LogP contribution is -2.22. The highest BCUT2D eigenvalue weighted by Gasteiger charge is 2.28. The molecular weight excluding hydrogens is 201 g/mol. The quantitative estimate of drug-likeness (QED) is 0.587. The number of hydrogen-bond acceptors (Lipinski definition) is 4. The van der Waals surface area contributed by atoms with Gasteiger partial charge in [-0.3, -0.25) is 0 Å². The fourth-order valence-electron chi connectivity index (χ4n) is 1.36. The Labute approximate surface area is 85.8 Å². The molecule has 1 aliphatic heterocycles. The van der Waals surface area contributed by atoms with E-state index < -0.39 is 17.9 Å². The van der Waals surface area contributed by atoms with Crippen LogP contribution in [0, 0.1) is 5.82 Å². The van der Waals surface area contributed by atoms with Crippen molar-refractivity contribution in [2.24, 2.45) is 0 Å². The summed E-state index contributed by atoms with van der Waals surface area (Å²) < 4.78 is 22.7. The second kappa shape index (κ2) is 3.76. The Morgan fingerprint density at radius 1 is 1.53 bits per heavy atom. The summed E-state index contributed by atoms with van der Waals surface area (Å²) >= 11 is 0. The summed E-state index contributed by atoms with van der Waals surface area (Å²) in [5, 5.41) is 0. The molecule has 1 aromatic carbocycles. The molecule has 1 heterocycles. The number of hydrogen-bond donors (Lipinski definition) is 1. The molecule has 0 saturated carbocycles. The van der Waals surface area contributed by atoms with E-state index in [0.717, 1.165) is 6.07 Å². The Balaban J connectivity index is 2.13. The van der Waals surface area contributed by atoms with Gasteiger partial charge in [0.25, 0.3) is 0 Å². The molecule has 15 heavy (non-hydrogen) atoms. The SMILES string of the molecule is Nc1cc(F)ccc1OC1CCOC1=O. The molecule has 0 aromatic heterocycles. The van der Waals surface area contributed by atoms with E-state index in [-0.39, 0.29) is 5.69 Å². The first kappa shape index (κ1) is 9.76. The molecule has 1 saturated heterocycles. The maximum absolute atomic E-state index is 12.7. The molecule has 1 aromatic rings. The highest BCUT2D eigenvalue weighted by atomic mass is 19.1. The van der Waals surface area contributed by atoms with Crippen molar-refractivity contribution in [3.8, 4) is 5.75 Å². The highest BCUT2D eigenvalue weighted by molar-refractivity contribution is 5.77. The molecule has 0 bridgehead atoms. The molecular formula is C10H10FNO3. The first-order valence-corrected chi connectivity index (χ1v) is 4.55. The number of nitrogen functional groups attached to an aromatic ring is 1. The van der Waals surface area contributed by atoms with E-state index in [9.17, 15) is 9.18 Å². The summed E-state index contributed by atoms with van der Waals surface area (Å²) in [6, 6.07) is 3.78. The van der Waals surface area contributed by atoms with Gasteiger partial charge in [0.05, 0.1) is 12.3 Å². The van der Waals surface area contributed by atoms with Gasteiger partial charge >= 0.3 is 5.97 Å². The number of cyclic esters (lactones) is 1. The van der Waals surface area contributed by atoms with E-state index in [4.69, 9.17) is 15.2 Å². The maximum atomic E-state index is 12.7. The van der Waals surface area contributed by atoms with Crippen LogP contribution in [0.4, 0.5) is 10.1 Å². The first-order chi connectivity index (χ1) is 7.16. The predicted octanol–water partition coefficient (Wildman–Crippen LogP) is 1.10. The van der Waals surface area contributed by atoms with E-state index in [1.54, 1.807) is 0 Å². The Hall–Kier alpha value is -1.78. The second-order valence-electron chi connectivity index (χ2n) is 3.24. The van der Waals surface area contributed by atoms with E-state index in [2.05, 4.69) is 0 Å². The lowest BCUT2D eigenvalue weighted by Gasteiger charge is -2.11. The summed E-state index contributed by atoms with van der Waals surface area (Å²) in [4.78, 5) is 11.1. The normalized spacial score (nSPS) is 20.1. The molecule has 0 radical (unpaired) electrons. The van der Waals surface area contributed by atoms with Gasteiger partial charge in [-0.1, -0.05) is 0 Å². The summed E-state index contributed by atoms with van der Waals surface area (Å²) in [5.74, 6) is -0.534. The third-order valence-electron chi connectivity index (χ3n) is 2.13. The third-order valence-corrected chi connectivity index (χ3v) is 2.13. The van der Waals surface area contributed by atoms with Crippen molar-refractivity contribution in [1.82, 2.24) is 0 Å². The largest absolute Gasteiger partial charge is 0.476 e. The Bertz CT molecular complexity index is 394. The minimum atomic E-state index is -0.627. The summed E-state index contributed by atoms with van der Waals surface area (Å²) in [5.41, 5.74) is 5.70. The molecule has 2 N–H and O–H groups in total. The lowest BCUT2D eigenvalue weighted by molar-refractivity contribution is -0.143. The minimum Gasteiger partial charge on any atom is -0.476 e. The van der Waals surface area contributed by atoms with Crippen LogP contribution in [0.2, 0.25) is 0 Å². The number of nitrogens with two attached hydrogens (primary N) is 1. The van der Waals surface area contributed by atoms with Crippen LogP contribution in [-0.2, 0) is 9.53 Å². The van der Waals surface area contributed by atoms with Gasteiger partial charge < -0.3 is 15.2 Å². The van der Waals surface area contributed by atoms with Gasteiger partial charge in [0.2, 0.25) is 0 Å². The minimum absolute atomic E-state index is 0.176. The van der Waals surface area contributed by atoms with Crippen LogP contribution < -0.4 is 10.5 Å². The van der Waals surface area contributed by atoms with Crippen LogP contribution in [0.5, 0.6) is 5.75 Å². The van der Waals surface area contributed by atoms with Gasteiger partial charge in [0, 0.05) is 12.5 Å². The molecule has 0 amide bonds. The van der Waals surface area contributed by atoms with E-state index >= 15 is 0 Å². The smallest absolute Gasteiger partial charge is 0.347 e. The standard InChI is InChI=1S/C10H10FNO3/c11-6-1-2-8(7(12)5-6)15-9-3-4-14-10(9)13/h1-2,5,9H,3-4,12H2. The number of carbonyl (C=O) groups excluding carboxylic acids is 1. The van der Waals surface area contributed by atoms with Crippen molar-refractivity contribution in [1.29, 1.82) is 0 Å². The zero-order chi connectivity index (χ0) is 10.8. The van der Waals surface area contributed by atoms with Gasteiger partial charge in [-0.15, -0.1) is 0 Å². The van der Waals surface area contributed by atoms with Crippen LogP contribution in [0.1, 0.15) is 6.42 Å². The number of rotatable bonds is 2. The monoisotopic (exact) mass is 211 g/mol. The molecule has 1 atom stereocenters. The van der Waals surface area contributed by atoms with Crippen LogP contribution in [0.25, 0.3) is 0 Å². The van der Waals surface area contributed by atoms with Crippen molar-refractivity contribution in [2.45, 2.75) is 12.5 Å². The summed E-state index contributed by atoms with van der Waals surface area (Å²) in [6.45, 7) is 0.352. The lowest BCUT2D eigenvalue weighted by atomic mass is 10.2. The molecule has 1 unspecified atom stereocenters. The van der Waals surface area contributed by atoms with Crippen molar-refractivity contribution in [3.63, 3.8) is 0 Å². The zero-order valence-corrected chi connectivity index (χ0v) is 7.90. The molecule has 80 valence electrons. The first-order valence-electron chi connectivity index (χ1n) is 4.55. The van der Waals surface area contributed by atoms with Crippen molar-refractivity contribution >= 4 is 11.7 Å². The Morgan fingerprint density at radius 3 is 2.93 bits per heavy atom. The van der Waals surface area contributed by atoms with E-state index in [1.165, 1.54) is 12.1 Å². The molecule has 0 aliphatic carbocycles. The number of ether oxygens (including phenoxy) is 2. The highest BCUT2D eigenvalue weighted by Crippen LogP contribution is 2.25. The number of halogens is 1. The van der Waals surface area contributed by atoms with Crippen molar-refractivity contribution < 1.29 is 18.7 Å². The molecule has 2 rings (SSSR count). The van der Waals surface area contributed by atoms with Gasteiger partial charge in [-0.2, -0.15) is 0 Å². The summed E-state index contributed by atoms with van der Waals surface area (Å²) in [6.07, 6.45) is -0.131. The maximum Gasteiger partial charge on any atom is 0.347 e. The van der Waals surface area contributed by atoms with E-state index in [1.807, 2.05) is 0 Å². The number of carbonyl (C=O) groups is 1. The van der Waals surface area contributed by atoms with Gasteiger partial charge in [-0.05, 0) is 12.1 Å². The number of benzene rings is 1. The average molecular weight is 211 g/mol. The molecule has 1 fully saturated rings. The van der Waals surface area contributed by atoms with E-state index in [0.29, 0.717) is 18.8 Å². The number of anilines is 1. The average Bonchev–Trinajstić information content (AvgIpc) is 2.57. The molecule has 1 aliphatic rings. The molecule has 0 spiro atoms. The summed E-state index contributed by atoms with van der Waals surface area (Å²) in [7, 11) is 0. The van der Waals surface area contributed by atoms with Crippen molar-refractivity contribution in [3.05, 3.63) is 24.0 Å². The third kappa shape index (κ3) is 2.01. The zero-order valence-electron chi connectivity index (χ0n) is 7.90. The van der Waals surface area contributed by atoms with Gasteiger partial charge in [0.1, 0.15) is 11.6 Å². The molecule has 5 heteroatoms. The fraction of sp³-hybridized carbons (Fsp3) is 0.300. The predicted molar refractivity (Wildman–Crippen MR) is 50.8 cm³/mol.